The topological polar surface area (TPSA) is 66.5 Å². The minimum atomic E-state index is -3.56. The number of amides is 1. The summed E-state index contributed by atoms with van der Waals surface area (Å²) in [5.41, 5.74) is 1.75. The van der Waals surface area contributed by atoms with Crippen molar-refractivity contribution in [2.75, 3.05) is 15.9 Å². The van der Waals surface area contributed by atoms with E-state index in [1.165, 1.54) is 4.31 Å². The van der Waals surface area contributed by atoms with Crippen LogP contribution in [0.2, 0.25) is 0 Å². The minimum absolute atomic E-state index is 0.0589. The molecule has 0 radical (unpaired) electrons. The molecule has 2 aromatic rings. The summed E-state index contributed by atoms with van der Waals surface area (Å²) in [7, 11) is -3.56. The molecule has 2 aromatic carbocycles. The molecule has 5 nitrogen and oxygen atoms in total. The van der Waals surface area contributed by atoms with E-state index in [0.29, 0.717) is 11.4 Å². The Hall–Kier alpha value is -1.86. The van der Waals surface area contributed by atoms with Crippen molar-refractivity contribution in [3.8, 4) is 0 Å². The first-order valence-corrected chi connectivity index (χ1v) is 9.64. The normalized spacial score (nSPS) is 18.1. The lowest BCUT2D eigenvalue weighted by Crippen LogP contribution is -2.34. The van der Waals surface area contributed by atoms with Gasteiger partial charge in [-0.15, -0.1) is 0 Å². The Balaban J connectivity index is 2.20. The fourth-order valence-corrected chi connectivity index (χ4v) is 4.19. The van der Waals surface area contributed by atoms with Gasteiger partial charge in [0.25, 0.3) is 0 Å². The molecule has 0 aliphatic carbocycles. The Morgan fingerprint density at radius 1 is 1.13 bits per heavy atom. The zero-order valence-electron chi connectivity index (χ0n) is 12.4. The number of nitrogens with one attached hydrogen (secondary N) is 1. The number of halogens is 1. The molecule has 1 aliphatic heterocycles. The molecule has 0 fully saturated rings. The van der Waals surface area contributed by atoms with Crippen LogP contribution in [0.5, 0.6) is 0 Å². The molecule has 3 rings (SSSR count). The highest BCUT2D eigenvalue weighted by Crippen LogP contribution is 2.39. The lowest BCUT2D eigenvalue weighted by atomic mass is 10.0. The van der Waals surface area contributed by atoms with Crippen molar-refractivity contribution in [2.45, 2.75) is 12.5 Å². The molecule has 0 spiro atoms. The van der Waals surface area contributed by atoms with Gasteiger partial charge in [-0.25, -0.2) is 8.42 Å². The molecule has 0 saturated heterocycles. The van der Waals surface area contributed by atoms with E-state index < -0.39 is 16.1 Å². The maximum atomic E-state index is 12.4. The van der Waals surface area contributed by atoms with Crippen molar-refractivity contribution in [1.29, 1.82) is 0 Å². The number of nitrogens with zero attached hydrogens (tertiary/aromatic N) is 1. The van der Waals surface area contributed by atoms with Gasteiger partial charge in [-0.2, -0.15) is 0 Å². The summed E-state index contributed by atoms with van der Waals surface area (Å²) in [5, 5.41) is 2.78. The van der Waals surface area contributed by atoms with Gasteiger partial charge in [0.1, 0.15) is 0 Å². The van der Waals surface area contributed by atoms with Gasteiger partial charge in [0.15, 0.2) is 0 Å². The van der Waals surface area contributed by atoms with Crippen LogP contribution in [-0.4, -0.2) is 20.6 Å². The Morgan fingerprint density at radius 3 is 2.43 bits per heavy atom. The SMILES string of the molecule is CS(=O)(=O)N1c2ccccc2NC(=O)C[C@@H]1c1ccc(Br)cc1. The molecule has 1 heterocycles. The predicted octanol–water partition coefficient (Wildman–Crippen LogP) is 3.30. The first-order chi connectivity index (χ1) is 10.9. The number of sulfonamides is 1. The Labute approximate surface area is 143 Å². The van der Waals surface area contributed by atoms with Gasteiger partial charge in [-0.3, -0.25) is 9.10 Å². The standard InChI is InChI=1S/C16H15BrN2O3S/c1-23(21,22)19-14-5-3-2-4-13(14)18-16(20)10-15(19)11-6-8-12(17)9-7-11/h2-9,15H,10H2,1H3,(H,18,20)/t15-/m1/s1. The van der Waals surface area contributed by atoms with E-state index in [1.807, 2.05) is 24.3 Å². The summed E-state index contributed by atoms with van der Waals surface area (Å²) in [4.78, 5) is 12.2. The third-order valence-electron chi connectivity index (χ3n) is 3.69. The number of carbonyl (C=O) groups is 1. The number of para-hydroxylation sites is 2. The number of hydrogen-bond acceptors (Lipinski definition) is 3. The molecule has 7 heteroatoms. The van der Waals surface area contributed by atoms with E-state index >= 15 is 0 Å². The number of carbonyl (C=O) groups excluding carboxylic acids is 1. The summed E-state index contributed by atoms with van der Waals surface area (Å²) in [6.45, 7) is 0. The lowest BCUT2D eigenvalue weighted by molar-refractivity contribution is -0.116. The molecule has 1 amide bonds. The van der Waals surface area contributed by atoms with E-state index in [0.717, 1.165) is 16.3 Å². The molecule has 1 aliphatic rings. The quantitative estimate of drug-likeness (QED) is 0.849. The van der Waals surface area contributed by atoms with E-state index in [9.17, 15) is 13.2 Å². The average molecular weight is 395 g/mol. The van der Waals surface area contributed by atoms with Gasteiger partial charge in [0.2, 0.25) is 15.9 Å². The Bertz CT molecular complexity index is 850. The highest BCUT2D eigenvalue weighted by Gasteiger charge is 2.34. The van der Waals surface area contributed by atoms with Gasteiger partial charge in [-0.1, -0.05) is 40.2 Å². The van der Waals surface area contributed by atoms with Gasteiger partial charge in [0.05, 0.1) is 30.1 Å². The minimum Gasteiger partial charge on any atom is -0.324 e. The van der Waals surface area contributed by atoms with Gasteiger partial charge in [0, 0.05) is 4.47 Å². The van der Waals surface area contributed by atoms with Crippen molar-refractivity contribution in [3.63, 3.8) is 0 Å². The van der Waals surface area contributed by atoms with E-state index in [2.05, 4.69) is 21.2 Å². The molecule has 1 N–H and O–H groups in total. The lowest BCUT2D eigenvalue weighted by Gasteiger charge is -2.30. The third kappa shape index (κ3) is 3.25. The summed E-state index contributed by atoms with van der Waals surface area (Å²) in [5.74, 6) is -0.212. The van der Waals surface area contributed by atoms with Crippen LogP contribution in [0.15, 0.2) is 53.0 Å². The van der Waals surface area contributed by atoms with Crippen LogP contribution in [0, 0.1) is 0 Å². The second kappa shape index (κ2) is 5.98. The Kier molecular flexibility index (Phi) is 4.16. The van der Waals surface area contributed by atoms with Crippen LogP contribution in [0.1, 0.15) is 18.0 Å². The van der Waals surface area contributed by atoms with Crippen LogP contribution < -0.4 is 9.62 Å². The van der Waals surface area contributed by atoms with Crippen LogP contribution >= 0.6 is 15.9 Å². The molecule has 0 unspecified atom stereocenters. The zero-order chi connectivity index (χ0) is 16.6. The molecule has 0 bridgehead atoms. The fourth-order valence-electron chi connectivity index (χ4n) is 2.75. The largest absolute Gasteiger partial charge is 0.324 e. The highest BCUT2D eigenvalue weighted by atomic mass is 79.9. The number of benzene rings is 2. The first-order valence-electron chi connectivity index (χ1n) is 7.00. The number of anilines is 2. The number of fused-ring (bicyclic) bond motifs is 1. The third-order valence-corrected chi connectivity index (χ3v) is 5.38. The predicted molar refractivity (Wildman–Crippen MR) is 93.9 cm³/mol. The maximum absolute atomic E-state index is 12.4. The molecule has 23 heavy (non-hydrogen) atoms. The summed E-state index contributed by atoms with van der Waals surface area (Å²) < 4.78 is 27.1. The van der Waals surface area contributed by atoms with Crippen molar-refractivity contribution >= 4 is 43.2 Å². The number of rotatable bonds is 2. The van der Waals surface area contributed by atoms with Gasteiger partial charge < -0.3 is 5.32 Å². The second-order valence-corrected chi connectivity index (χ2v) is 8.17. The van der Waals surface area contributed by atoms with Gasteiger partial charge in [-0.05, 0) is 29.8 Å². The van der Waals surface area contributed by atoms with Crippen LogP contribution in [0.25, 0.3) is 0 Å². The monoisotopic (exact) mass is 394 g/mol. The highest BCUT2D eigenvalue weighted by molar-refractivity contribution is 9.10. The summed E-state index contributed by atoms with van der Waals surface area (Å²) in [6, 6.07) is 13.7. The molecule has 1 atom stereocenters. The maximum Gasteiger partial charge on any atom is 0.232 e. The van der Waals surface area contributed by atoms with E-state index in [4.69, 9.17) is 0 Å². The summed E-state index contributed by atoms with van der Waals surface area (Å²) in [6.07, 6.45) is 1.22. The van der Waals surface area contributed by atoms with E-state index in [1.54, 1.807) is 24.3 Å². The molecular weight excluding hydrogens is 380 g/mol. The first kappa shape index (κ1) is 16.0. The van der Waals surface area contributed by atoms with E-state index in [-0.39, 0.29) is 12.3 Å². The van der Waals surface area contributed by atoms with Gasteiger partial charge >= 0.3 is 0 Å². The second-order valence-electron chi connectivity index (χ2n) is 5.40. The smallest absolute Gasteiger partial charge is 0.232 e. The summed E-state index contributed by atoms with van der Waals surface area (Å²) >= 11 is 3.37. The fraction of sp³-hybridized carbons (Fsp3) is 0.188. The Morgan fingerprint density at radius 2 is 1.78 bits per heavy atom. The van der Waals surface area contributed by atoms with Crippen molar-refractivity contribution in [2.24, 2.45) is 0 Å². The molecular formula is C16H15BrN2O3S. The zero-order valence-corrected chi connectivity index (χ0v) is 14.8. The molecule has 120 valence electrons. The van der Waals surface area contributed by atoms with Crippen molar-refractivity contribution < 1.29 is 13.2 Å². The number of hydrogen-bond donors (Lipinski definition) is 1. The van der Waals surface area contributed by atoms with Crippen LogP contribution in [0.4, 0.5) is 11.4 Å². The molecule has 0 aromatic heterocycles. The van der Waals surface area contributed by atoms with Crippen molar-refractivity contribution in [3.05, 3.63) is 58.6 Å². The average Bonchev–Trinajstić information content (AvgIpc) is 2.63. The molecule has 0 saturated carbocycles. The van der Waals surface area contributed by atoms with Crippen molar-refractivity contribution in [1.82, 2.24) is 0 Å². The van der Waals surface area contributed by atoms with Crippen LogP contribution in [-0.2, 0) is 14.8 Å². The van der Waals surface area contributed by atoms with Crippen LogP contribution in [0.3, 0.4) is 0 Å².